The second-order valence-electron chi connectivity index (χ2n) is 11.0. The van der Waals surface area contributed by atoms with Crippen molar-refractivity contribution in [2.24, 2.45) is 11.8 Å². The number of likely N-dealkylation sites (tertiary alicyclic amines) is 1. The van der Waals surface area contributed by atoms with Crippen LogP contribution in [0.2, 0.25) is 5.02 Å². The van der Waals surface area contributed by atoms with Crippen LogP contribution in [0.25, 0.3) is 0 Å². The Balaban J connectivity index is 1.42. The quantitative estimate of drug-likeness (QED) is 0.472. The zero-order valence-corrected chi connectivity index (χ0v) is 25.1. The number of aliphatic hydroxyl groups is 1. The van der Waals surface area contributed by atoms with E-state index in [2.05, 4.69) is 0 Å². The van der Waals surface area contributed by atoms with Gasteiger partial charge in [0.1, 0.15) is 11.8 Å². The number of ether oxygens (including phenoxy) is 1. The highest BCUT2D eigenvalue weighted by atomic mass is 35.5. The van der Waals surface area contributed by atoms with Crippen LogP contribution in [0.3, 0.4) is 0 Å². The van der Waals surface area contributed by atoms with Crippen molar-refractivity contribution in [3.63, 3.8) is 0 Å². The Morgan fingerprint density at radius 2 is 1.60 bits per heavy atom. The molecule has 2 saturated heterocycles. The van der Waals surface area contributed by atoms with Crippen LogP contribution in [0, 0.1) is 11.8 Å². The van der Waals surface area contributed by atoms with E-state index in [1.165, 1.54) is 11.8 Å². The topological polar surface area (TPSA) is 90.4 Å². The third-order valence-corrected chi connectivity index (χ3v) is 10.8. The van der Waals surface area contributed by atoms with Crippen LogP contribution < -0.4 is 14.5 Å². The van der Waals surface area contributed by atoms with Crippen molar-refractivity contribution < 1.29 is 24.2 Å². The van der Waals surface area contributed by atoms with Gasteiger partial charge in [0.25, 0.3) is 5.91 Å². The molecule has 2 fully saturated rings. The van der Waals surface area contributed by atoms with E-state index in [4.69, 9.17) is 16.3 Å². The molecule has 1 N–H and O–H groups in total. The first-order chi connectivity index (χ1) is 20.3. The zero-order valence-electron chi connectivity index (χ0n) is 23.6. The van der Waals surface area contributed by atoms with Crippen molar-refractivity contribution in [1.82, 2.24) is 4.90 Å². The molecule has 1 spiro atoms. The Labute approximate surface area is 254 Å². The van der Waals surface area contributed by atoms with E-state index in [1.807, 2.05) is 62.4 Å². The lowest BCUT2D eigenvalue weighted by Crippen LogP contribution is -2.56. The first-order valence-electron chi connectivity index (χ1n) is 14.4. The summed E-state index contributed by atoms with van der Waals surface area (Å²) in [5.74, 6) is -1.34. The van der Waals surface area contributed by atoms with Crippen molar-refractivity contribution in [3.05, 3.63) is 77.9 Å². The molecular formula is C32H34ClN3O5S. The van der Waals surface area contributed by atoms with Crippen molar-refractivity contribution in [2.75, 3.05) is 36.1 Å². The van der Waals surface area contributed by atoms with Crippen LogP contribution >= 0.6 is 23.4 Å². The number of carbonyl (C=O) groups excluding carboxylic acids is 3. The van der Waals surface area contributed by atoms with E-state index < -0.39 is 28.7 Å². The molecule has 10 heteroatoms. The fourth-order valence-electron chi connectivity index (χ4n) is 6.86. The molecule has 4 aliphatic rings. The number of hydrogen-bond donors (Lipinski definition) is 1. The molecule has 4 heterocycles. The number of amides is 3. The lowest BCUT2D eigenvalue weighted by molar-refractivity contribution is -0.141. The highest BCUT2D eigenvalue weighted by Gasteiger charge is 2.71. The number of fused-ring (bicyclic) bond motifs is 2. The van der Waals surface area contributed by atoms with E-state index in [9.17, 15) is 19.5 Å². The van der Waals surface area contributed by atoms with Gasteiger partial charge in [-0.2, -0.15) is 0 Å². The number of benzene rings is 2. The second kappa shape index (κ2) is 11.4. The summed E-state index contributed by atoms with van der Waals surface area (Å²) in [6.07, 6.45) is 8.40. The summed E-state index contributed by atoms with van der Waals surface area (Å²) in [5, 5.41) is 10.6. The number of aliphatic hydroxyl groups excluding tert-OH is 1. The summed E-state index contributed by atoms with van der Waals surface area (Å²) in [6, 6.07) is 13.0. The average molecular weight is 608 g/mol. The first kappa shape index (κ1) is 28.8. The van der Waals surface area contributed by atoms with Gasteiger partial charge in [-0.1, -0.05) is 42.8 Å². The number of thioether (sulfide) groups is 1. The van der Waals surface area contributed by atoms with E-state index >= 15 is 0 Å². The predicted octanol–water partition coefficient (Wildman–Crippen LogP) is 4.31. The van der Waals surface area contributed by atoms with Crippen LogP contribution in [-0.2, 0) is 14.4 Å². The minimum atomic E-state index is -0.963. The molecule has 3 amide bonds. The number of nitrogens with zero attached hydrogens (tertiary/aromatic N) is 3. The van der Waals surface area contributed by atoms with Gasteiger partial charge in [-0.15, -0.1) is 11.8 Å². The molecular weight excluding hydrogens is 574 g/mol. The molecule has 4 aliphatic heterocycles. The molecule has 6 atom stereocenters. The van der Waals surface area contributed by atoms with Gasteiger partial charge in [-0.3, -0.25) is 14.4 Å². The van der Waals surface area contributed by atoms with Crippen molar-refractivity contribution >= 4 is 52.5 Å². The van der Waals surface area contributed by atoms with Crippen molar-refractivity contribution in [2.45, 2.75) is 42.3 Å². The molecule has 0 bridgehead atoms. The number of halogens is 1. The van der Waals surface area contributed by atoms with Gasteiger partial charge in [-0.25, -0.2) is 0 Å². The smallest absolute Gasteiger partial charge is 0.251 e. The molecule has 220 valence electrons. The van der Waals surface area contributed by atoms with Gasteiger partial charge < -0.3 is 24.5 Å². The van der Waals surface area contributed by atoms with Crippen LogP contribution in [0.15, 0.2) is 72.8 Å². The summed E-state index contributed by atoms with van der Waals surface area (Å²) in [4.78, 5) is 48.3. The monoisotopic (exact) mass is 607 g/mol. The maximum Gasteiger partial charge on any atom is 0.251 e. The lowest BCUT2D eigenvalue weighted by atomic mass is 9.78. The molecule has 0 radical (unpaired) electrons. The normalized spacial score (nSPS) is 29.2. The fourth-order valence-corrected chi connectivity index (χ4v) is 8.98. The Morgan fingerprint density at radius 3 is 2.24 bits per heavy atom. The maximum absolute atomic E-state index is 14.5. The standard InChI is InChI=1S/C32H34ClN3O5S/c1-3-21(19-37)36-28-31(40)35(22-10-8-20(33)9-11-22)18-6-16-32(28)27(30(36)39)26-25(42-32)7-5-17-34(29(26)38)23-12-14-24(15-13-23)41-4-2/h5-16,21,25-28,37H,3-4,17-19H2,1-2H3/t21-,25-,26+,27-,28?,32-/m0/s1. The van der Waals surface area contributed by atoms with Gasteiger partial charge >= 0.3 is 0 Å². The maximum atomic E-state index is 14.5. The molecule has 2 aromatic rings. The Hall–Kier alpha value is -3.27. The third-order valence-electron chi connectivity index (χ3n) is 8.77. The van der Waals surface area contributed by atoms with Gasteiger partial charge in [0.05, 0.1) is 35.8 Å². The summed E-state index contributed by atoms with van der Waals surface area (Å²) >= 11 is 7.66. The highest BCUT2D eigenvalue weighted by molar-refractivity contribution is 8.02. The SMILES string of the molecule is CCOc1ccc(N2CC=C[C@@H]3S[C@]45C=CCN(c6ccc(Cl)cc6)C(=O)C4N([C@@H](CC)CO)C(=O)[C@@H]5[C@@H]3C2=O)cc1. The minimum Gasteiger partial charge on any atom is -0.494 e. The Kier molecular flexibility index (Phi) is 7.85. The van der Waals surface area contributed by atoms with Gasteiger partial charge in [0.2, 0.25) is 11.8 Å². The van der Waals surface area contributed by atoms with E-state index in [0.29, 0.717) is 36.8 Å². The molecule has 0 saturated carbocycles. The summed E-state index contributed by atoms with van der Waals surface area (Å²) < 4.78 is 4.62. The fraction of sp³-hybridized carbons (Fsp3) is 0.406. The van der Waals surface area contributed by atoms with E-state index in [-0.39, 0.29) is 29.6 Å². The third kappa shape index (κ3) is 4.53. The van der Waals surface area contributed by atoms with Crippen LogP contribution in [0.4, 0.5) is 11.4 Å². The summed E-state index contributed by atoms with van der Waals surface area (Å²) in [5.41, 5.74) is 1.40. The predicted molar refractivity (Wildman–Crippen MR) is 165 cm³/mol. The van der Waals surface area contributed by atoms with Crippen molar-refractivity contribution in [3.8, 4) is 5.75 Å². The van der Waals surface area contributed by atoms with E-state index in [0.717, 1.165) is 11.4 Å². The first-order valence-corrected chi connectivity index (χ1v) is 15.7. The minimum absolute atomic E-state index is 0.144. The van der Waals surface area contributed by atoms with Crippen LogP contribution in [0.1, 0.15) is 20.3 Å². The van der Waals surface area contributed by atoms with Gasteiger partial charge in [-0.05, 0) is 61.9 Å². The Bertz CT molecular complexity index is 1430. The summed E-state index contributed by atoms with van der Waals surface area (Å²) in [7, 11) is 0. The molecule has 6 rings (SSSR count). The second-order valence-corrected chi connectivity index (χ2v) is 12.9. The molecule has 1 unspecified atom stereocenters. The molecule has 0 aliphatic carbocycles. The number of rotatable bonds is 7. The highest BCUT2D eigenvalue weighted by Crippen LogP contribution is 2.61. The largest absolute Gasteiger partial charge is 0.494 e. The zero-order chi connectivity index (χ0) is 29.6. The number of hydrogen-bond acceptors (Lipinski definition) is 6. The number of anilines is 2. The molecule has 0 aromatic heterocycles. The molecule has 2 aromatic carbocycles. The van der Waals surface area contributed by atoms with Crippen LogP contribution in [0.5, 0.6) is 5.75 Å². The molecule has 8 nitrogen and oxygen atoms in total. The average Bonchev–Trinajstić information content (AvgIpc) is 3.31. The van der Waals surface area contributed by atoms with E-state index in [1.54, 1.807) is 39.0 Å². The van der Waals surface area contributed by atoms with Gasteiger partial charge in [0.15, 0.2) is 0 Å². The number of carbonyl (C=O) groups is 3. The lowest BCUT2D eigenvalue weighted by Gasteiger charge is -2.38. The summed E-state index contributed by atoms with van der Waals surface area (Å²) in [6.45, 7) is 4.79. The Morgan fingerprint density at radius 1 is 0.952 bits per heavy atom. The van der Waals surface area contributed by atoms with Crippen molar-refractivity contribution in [1.29, 1.82) is 0 Å². The molecule has 42 heavy (non-hydrogen) atoms. The van der Waals surface area contributed by atoms with Gasteiger partial charge in [0, 0.05) is 34.7 Å². The van der Waals surface area contributed by atoms with Crippen LogP contribution in [-0.4, -0.2) is 76.1 Å².